The third-order valence-corrected chi connectivity index (χ3v) is 7.25. The molecule has 4 saturated carbocycles. The number of nitrogens with one attached hydrogen (secondary N) is 1. The van der Waals surface area contributed by atoms with Crippen molar-refractivity contribution in [1.29, 1.82) is 10.7 Å². The van der Waals surface area contributed by atoms with E-state index in [4.69, 9.17) is 17.0 Å². The van der Waals surface area contributed by atoms with Gasteiger partial charge in [0, 0.05) is 10.4 Å². The molecule has 0 spiro atoms. The minimum absolute atomic E-state index is 0.0518. The first-order valence-electron chi connectivity index (χ1n) is 9.50. The highest BCUT2D eigenvalue weighted by Crippen LogP contribution is 2.57. The van der Waals surface area contributed by atoms with Gasteiger partial charge in [0.2, 0.25) is 0 Å². The van der Waals surface area contributed by atoms with Crippen LogP contribution in [0.5, 0.6) is 0 Å². The second-order valence-corrected chi connectivity index (χ2v) is 9.57. The van der Waals surface area contributed by atoms with E-state index < -0.39 is 11.0 Å². The first-order valence-corrected chi connectivity index (χ1v) is 9.88. The monoisotopic (exact) mass is 371 g/mol. The lowest BCUT2D eigenvalue weighted by Crippen LogP contribution is -2.62. The van der Waals surface area contributed by atoms with Crippen molar-refractivity contribution in [2.45, 2.75) is 63.0 Å². The van der Waals surface area contributed by atoms with Gasteiger partial charge in [0.05, 0.1) is 11.6 Å². The molecule has 1 aromatic rings. The molecule has 0 aromatic heterocycles. The Morgan fingerprint density at radius 3 is 2.31 bits per heavy atom. The SMILES string of the molecule is CC(C)(C(=N)N(C#N)C1C2CC3CC1CC(O)(C3)C2)c1ccc(Cl)cc1. The third-order valence-electron chi connectivity index (χ3n) is 7.00. The van der Waals surface area contributed by atoms with Gasteiger partial charge in [-0.05, 0) is 81.4 Å². The van der Waals surface area contributed by atoms with Crippen molar-refractivity contribution in [1.82, 2.24) is 4.90 Å². The van der Waals surface area contributed by atoms with Crippen LogP contribution >= 0.6 is 11.6 Å². The predicted molar refractivity (Wildman–Crippen MR) is 102 cm³/mol. The summed E-state index contributed by atoms with van der Waals surface area (Å²) in [6, 6.07) is 7.59. The van der Waals surface area contributed by atoms with Crippen LogP contribution in [0.4, 0.5) is 0 Å². The molecule has 1 aromatic carbocycles. The summed E-state index contributed by atoms with van der Waals surface area (Å²) in [4.78, 5) is 1.66. The van der Waals surface area contributed by atoms with E-state index in [1.165, 1.54) is 0 Å². The van der Waals surface area contributed by atoms with Crippen LogP contribution in [0.15, 0.2) is 24.3 Å². The van der Waals surface area contributed by atoms with Gasteiger partial charge < -0.3 is 5.11 Å². The van der Waals surface area contributed by atoms with Crippen LogP contribution in [0.2, 0.25) is 5.02 Å². The average molecular weight is 372 g/mol. The fraction of sp³-hybridized carbons (Fsp3) is 0.619. The molecule has 2 unspecified atom stereocenters. The van der Waals surface area contributed by atoms with E-state index in [1.54, 1.807) is 4.90 Å². The second-order valence-electron chi connectivity index (χ2n) is 9.14. The molecular weight excluding hydrogens is 346 g/mol. The summed E-state index contributed by atoms with van der Waals surface area (Å²) in [5, 5.41) is 30.3. The lowest BCUT2D eigenvalue weighted by atomic mass is 9.52. The number of nitrogens with zero attached hydrogens (tertiary/aromatic N) is 2. The minimum Gasteiger partial charge on any atom is -0.390 e. The Kier molecular flexibility index (Phi) is 4.09. The van der Waals surface area contributed by atoms with Gasteiger partial charge in [0.15, 0.2) is 6.19 Å². The molecule has 4 aliphatic rings. The van der Waals surface area contributed by atoms with E-state index in [0.29, 0.717) is 28.6 Å². The summed E-state index contributed by atoms with van der Waals surface area (Å²) in [6.45, 7) is 3.99. The molecule has 0 aliphatic heterocycles. The molecule has 4 nitrogen and oxygen atoms in total. The van der Waals surface area contributed by atoms with Crippen LogP contribution in [-0.2, 0) is 5.41 Å². The van der Waals surface area contributed by atoms with Crippen LogP contribution < -0.4 is 0 Å². The molecule has 138 valence electrons. The smallest absolute Gasteiger partial charge is 0.185 e. The Labute approximate surface area is 160 Å². The zero-order chi connectivity index (χ0) is 18.7. The summed E-state index contributed by atoms with van der Waals surface area (Å²) >= 11 is 6.01. The number of aliphatic hydroxyl groups is 1. The number of benzene rings is 1. The van der Waals surface area contributed by atoms with Crippen LogP contribution in [-0.4, -0.2) is 27.5 Å². The number of nitriles is 1. The van der Waals surface area contributed by atoms with Crippen molar-refractivity contribution in [2.24, 2.45) is 17.8 Å². The summed E-state index contributed by atoms with van der Waals surface area (Å²) in [6.07, 6.45) is 6.96. The molecule has 0 radical (unpaired) electrons. The van der Waals surface area contributed by atoms with Crippen molar-refractivity contribution in [3.8, 4) is 6.19 Å². The van der Waals surface area contributed by atoms with Gasteiger partial charge in [-0.15, -0.1) is 0 Å². The maximum Gasteiger partial charge on any atom is 0.185 e. The van der Waals surface area contributed by atoms with E-state index in [1.807, 2.05) is 38.1 Å². The molecular formula is C21H26ClN3O. The standard InChI is InChI=1S/C21H26ClN3O/c1-20(2,16-3-5-17(22)6-4-16)19(24)25(12-23)18-14-7-13-8-15(18)11-21(26,9-13)10-14/h3-6,13-15,18,24,26H,7-11H2,1-2H3. The maximum absolute atomic E-state index is 10.8. The fourth-order valence-corrected chi connectivity index (χ4v) is 6.07. The summed E-state index contributed by atoms with van der Waals surface area (Å²) in [7, 11) is 0. The molecule has 2 N–H and O–H groups in total. The first kappa shape index (κ1) is 17.8. The normalized spacial score (nSPS) is 35.2. The van der Waals surface area contributed by atoms with E-state index >= 15 is 0 Å². The van der Waals surface area contributed by atoms with Crippen LogP contribution in [0.3, 0.4) is 0 Å². The van der Waals surface area contributed by atoms with Crippen LogP contribution in [0.25, 0.3) is 0 Å². The Bertz CT molecular complexity index is 750. The van der Waals surface area contributed by atoms with Crippen molar-refractivity contribution in [2.75, 3.05) is 0 Å². The molecule has 26 heavy (non-hydrogen) atoms. The first-order chi connectivity index (χ1) is 12.2. The number of rotatable bonds is 3. The largest absolute Gasteiger partial charge is 0.390 e. The molecule has 0 amide bonds. The lowest BCUT2D eigenvalue weighted by Gasteiger charge is -2.59. The van der Waals surface area contributed by atoms with E-state index in [2.05, 4.69) is 6.19 Å². The highest BCUT2D eigenvalue weighted by molar-refractivity contribution is 6.30. The highest BCUT2D eigenvalue weighted by atomic mass is 35.5. The zero-order valence-electron chi connectivity index (χ0n) is 15.4. The number of amidine groups is 1. The van der Waals surface area contributed by atoms with Crippen molar-refractivity contribution >= 4 is 17.4 Å². The molecule has 4 aliphatic carbocycles. The topological polar surface area (TPSA) is 71.1 Å². The van der Waals surface area contributed by atoms with Crippen molar-refractivity contribution in [3.63, 3.8) is 0 Å². The van der Waals surface area contributed by atoms with E-state index in [0.717, 1.165) is 37.7 Å². The van der Waals surface area contributed by atoms with Gasteiger partial charge in [0.1, 0.15) is 5.84 Å². The molecule has 4 fully saturated rings. The Balaban J connectivity index is 1.62. The van der Waals surface area contributed by atoms with Crippen molar-refractivity contribution in [3.05, 3.63) is 34.9 Å². The van der Waals surface area contributed by atoms with Crippen LogP contribution in [0.1, 0.15) is 51.5 Å². The molecule has 5 rings (SSSR count). The summed E-state index contributed by atoms with van der Waals surface area (Å²) < 4.78 is 0. The van der Waals surface area contributed by atoms with Gasteiger partial charge in [-0.3, -0.25) is 10.3 Å². The quantitative estimate of drug-likeness (QED) is 0.360. The maximum atomic E-state index is 10.8. The summed E-state index contributed by atoms with van der Waals surface area (Å²) in [5.41, 5.74) is -0.122. The highest BCUT2D eigenvalue weighted by Gasteiger charge is 2.57. The number of hydrogen-bond donors (Lipinski definition) is 2. The van der Waals surface area contributed by atoms with Gasteiger partial charge in [-0.1, -0.05) is 23.7 Å². The van der Waals surface area contributed by atoms with Crippen molar-refractivity contribution < 1.29 is 5.11 Å². The number of halogens is 1. The molecule has 4 bridgehead atoms. The predicted octanol–water partition coefficient (Wildman–Crippen LogP) is 4.32. The minimum atomic E-state index is -0.577. The lowest BCUT2D eigenvalue weighted by molar-refractivity contribution is -0.147. The molecule has 0 saturated heterocycles. The van der Waals surface area contributed by atoms with E-state index in [-0.39, 0.29) is 6.04 Å². The van der Waals surface area contributed by atoms with Gasteiger partial charge in [-0.25, -0.2) is 0 Å². The second kappa shape index (κ2) is 5.97. The summed E-state index contributed by atoms with van der Waals surface area (Å²) in [5.74, 6) is 1.55. The van der Waals surface area contributed by atoms with Gasteiger partial charge >= 0.3 is 0 Å². The molecule has 0 heterocycles. The fourth-order valence-electron chi connectivity index (χ4n) is 5.95. The Morgan fingerprint density at radius 1 is 1.23 bits per heavy atom. The number of hydrogen-bond acceptors (Lipinski definition) is 3. The average Bonchev–Trinajstić information content (AvgIpc) is 2.56. The van der Waals surface area contributed by atoms with Gasteiger partial charge in [-0.2, -0.15) is 5.26 Å². The Hall–Kier alpha value is -1.57. The van der Waals surface area contributed by atoms with Gasteiger partial charge in [0.25, 0.3) is 0 Å². The van der Waals surface area contributed by atoms with Crippen LogP contribution in [0, 0.1) is 34.6 Å². The Morgan fingerprint density at radius 2 is 1.81 bits per heavy atom. The third kappa shape index (κ3) is 2.73. The zero-order valence-corrected chi connectivity index (χ0v) is 16.1. The van der Waals surface area contributed by atoms with E-state index in [9.17, 15) is 10.4 Å². The molecule has 5 heteroatoms. The molecule has 2 atom stereocenters.